The molecule has 2 aromatic heterocycles. The van der Waals surface area contributed by atoms with Crippen LogP contribution in [0.3, 0.4) is 0 Å². The Labute approximate surface area is 136 Å². The third kappa shape index (κ3) is 3.91. The first-order chi connectivity index (χ1) is 10.3. The Hall–Kier alpha value is -1.75. The molecule has 118 valence electrons. The van der Waals surface area contributed by atoms with Crippen LogP contribution in [0.15, 0.2) is 29.9 Å². The van der Waals surface area contributed by atoms with Crippen LogP contribution in [0.1, 0.15) is 61.7 Å². The predicted molar refractivity (Wildman–Crippen MR) is 90.1 cm³/mol. The van der Waals surface area contributed by atoms with Gasteiger partial charge in [-0.25, -0.2) is 9.97 Å². The Balaban J connectivity index is 2.14. The van der Waals surface area contributed by atoms with Gasteiger partial charge in [0.05, 0.1) is 11.6 Å². The van der Waals surface area contributed by atoms with Crippen LogP contribution in [0, 0.1) is 5.92 Å². The van der Waals surface area contributed by atoms with E-state index >= 15 is 0 Å². The van der Waals surface area contributed by atoms with Gasteiger partial charge in [0.15, 0.2) is 0 Å². The zero-order valence-electron chi connectivity index (χ0n) is 13.8. The van der Waals surface area contributed by atoms with Crippen molar-refractivity contribution in [3.05, 3.63) is 46.2 Å². The standard InChI is InChI=1S/C17H23N3OS/c1-11(2)14(13-7-6-8-22-13)20-15(21)12-9-18-16(19-10-12)17(3,4)5/h6-11,14H,1-5H3,(H,20,21). The van der Waals surface area contributed by atoms with Gasteiger partial charge in [-0.3, -0.25) is 4.79 Å². The second-order valence-electron chi connectivity index (χ2n) is 6.76. The molecule has 0 saturated heterocycles. The van der Waals surface area contributed by atoms with Gasteiger partial charge in [0.2, 0.25) is 0 Å². The monoisotopic (exact) mass is 317 g/mol. The molecule has 0 aliphatic heterocycles. The highest BCUT2D eigenvalue weighted by atomic mass is 32.1. The number of carbonyl (C=O) groups excluding carboxylic acids is 1. The number of hydrogen-bond acceptors (Lipinski definition) is 4. The van der Waals surface area contributed by atoms with Gasteiger partial charge >= 0.3 is 0 Å². The van der Waals surface area contributed by atoms with E-state index in [-0.39, 0.29) is 17.4 Å². The van der Waals surface area contributed by atoms with Gasteiger partial charge in [0.1, 0.15) is 5.82 Å². The van der Waals surface area contributed by atoms with Gasteiger partial charge in [0.25, 0.3) is 5.91 Å². The number of nitrogens with zero attached hydrogens (tertiary/aromatic N) is 2. The highest BCUT2D eigenvalue weighted by molar-refractivity contribution is 7.10. The van der Waals surface area contributed by atoms with Crippen molar-refractivity contribution in [1.82, 2.24) is 15.3 Å². The topological polar surface area (TPSA) is 54.9 Å². The van der Waals surface area contributed by atoms with Gasteiger partial charge in [-0.1, -0.05) is 40.7 Å². The molecule has 2 heterocycles. The number of nitrogens with one attached hydrogen (secondary N) is 1. The Morgan fingerprint density at radius 3 is 2.32 bits per heavy atom. The molecule has 2 rings (SSSR count). The predicted octanol–water partition coefficient (Wildman–Crippen LogP) is 3.96. The minimum Gasteiger partial charge on any atom is -0.344 e. The Bertz CT molecular complexity index is 612. The number of amides is 1. The maximum Gasteiger partial charge on any atom is 0.254 e. The molecule has 0 saturated carbocycles. The summed E-state index contributed by atoms with van der Waals surface area (Å²) >= 11 is 1.66. The van der Waals surface area contributed by atoms with Crippen LogP contribution >= 0.6 is 11.3 Å². The lowest BCUT2D eigenvalue weighted by Gasteiger charge is -2.21. The first-order valence-electron chi connectivity index (χ1n) is 7.46. The molecular formula is C17H23N3OS. The number of carbonyl (C=O) groups is 1. The molecule has 1 unspecified atom stereocenters. The Kier molecular flexibility index (Phi) is 4.96. The van der Waals surface area contributed by atoms with Crippen molar-refractivity contribution < 1.29 is 4.79 Å². The minimum absolute atomic E-state index is 0.00907. The largest absolute Gasteiger partial charge is 0.344 e. The van der Waals surface area contributed by atoms with Crippen molar-refractivity contribution in [3.63, 3.8) is 0 Å². The van der Waals surface area contributed by atoms with Crippen LogP contribution < -0.4 is 5.32 Å². The second-order valence-corrected chi connectivity index (χ2v) is 7.74. The van der Waals surface area contributed by atoms with Crippen LogP contribution in [0.5, 0.6) is 0 Å². The van der Waals surface area contributed by atoms with Crippen molar-refractivity contribution in [1.29, 1.82) is 0 Å². The van der Waals surface area contributed by atoms with Gasteiger partial charge in [-0.15, -0.1) is 11.3 Å². The lowest BCUT2D eigenvalue weighted by atomic mass is 9.96. The second kappa shape index (κ2) is 6.57. The highest BCUT2D eigenvalue weighted by Gasteiger charge is 2.21. The first-order valence-corrected chi connectivity index (χ1v) is 8.34. The van der Waals surface area contributed by atoms with Crippen LogP contribution in [0.25, 0.3) is 0 Å². The molecule has 2 aromatic rings. The number of rotatable bonds is 4. The summed E-state index contributed by atoms with van der Waals surface area (Å²) in [6, 6.07) is 4.06. The summed E-state index contributed by atoms with van der Waals surface area (Å²) in [4.78, 5) is 22.2. The lowest BCUT2D eigenvalue weighted by Crippen LogP contribution is -2.31. The average Bonchev–Trinajstić information content (AvgIpc) is 2.97. The third-order valence-electron chi connectivity index (χ3n) is 3.39. The van der Waals surface area contributed by atoms with Crippen molar-refractivity contribution in [2.45, 2.75) is 46.1 Å². The molecule has 1 atom stereocenters. The van der Waals surface area contributed by atoms with Gasteiger partial charge in [0, 0.05) is 22.7 Å². The maximum atomic E-state index is 12.4. The van der Waals surface area contributed by atoms with Crippen molar-refractivity contribution >= 4 is 17.2 Å². The van der Waals surface area contributed by atoms with Gasteiger partial charge < -0.3 is 5.32 Å². The molecule has 0 bridgehead atoms. The van der Waals surface area contributed by atoms with E-state index < -0.39 is 0 Å². The van der Waals surface area contributed by atoms with E-state index in [0.29, 0.717) is 11.5 Å². The Morgan fingerprint density at radius 2 is 1.86 bits per heavy atom. The Morgan fingerprint density at radius 1 is 1.23 bits per heavy atom. The molecule has 0 aromatic carbocycles. The van der Waals surface area contributed by atoms with E-state index in [1.807, 2.05) is 32.2 Å². The fraction of sp³-hybridized carbons (Fsp3) is 0.471. The van der Waals surface area contributed by atoms with E-state index in [0.717, 1.165) is 10.7 Å². The summed E-state index contributed by atoms with van der Waals surface area (Å²) in [5.74, 6) is 0.924. The zero-order chi connectivity index (χ0) is 16.3. The summed E-state index contributed by atoms with van der Waals surface area (Å²) in [7, 11) is 0. The summed E-state index contributed by atoms with van der Waals surface area (Å²) in [5, 5.41) is 5.11. The molecule has 0 aliphatic rings. The fourth-order valence-corrected chi connectivity index (χ4v) is 3.04. The molecule has 0 aliphatic carbocycles. The van der Waals surface area contributed by atoms with E-state index in [2.05, 4.69) is 35.2 Å². The molecule has 4 nitrogen and oxygen atoms in total. The number of thiophene rings is 1. The van der Waals surface area contributed by atoms with Crippen LogP contribution in [-0.2, 0) is 5.41 Å². The molecule has 1 N–H and O–H groups in total. The van der Waals surface area contributed by atoms with E-state index in [4.69, 9.17) is 0 Å². The van der Waals surface area contributed by atoms with Crippen LogP contribution in [0.2, 0.25) is 0 Å². The summed E-state index contributed by atoms with van der Waals surface area (Å²) in [6.45, 7) is 10.3. The third-order valence-corrected chi connectivity index (χ3v) is 4.34. The molecular weight excluding hydrogens is 294 g/mol. The van der Waals surface area contributed by atoms with Gasteiger partial charge in [-0.05, 0) is 17.4 Å². The van der Waals surface area contributed by atoms with Crippen LogP contribution in [-0.4, -0.2) is 15.9 Å². The fourth-order valence-electron chi connectivity index (χ4n) is 2.09. The van der Waals surface area contributed by atoms with E-state index in [1.54, 1.807) is 23.7 Å². The normalized spacial score (nSPS) is 13.2. The molecule has 0 fully saturated rings. The number of hydrogen-bond donors (Lipinski definition) is 1. The minimum atomic E-state index is -0.132. The number of aromatic nitrogens is 2. The van der Waals surface area contributed by atoms with E-state index in [9.17, 15) is 4.79 Å². The zero-order valence-corrected chi connectivity index (χ0v) is 14.6. The van der Waals surface area contributed by atoms with Gasteiger partial charge in [-0.2, -0.15) is 0 Å². The molecule has 0 spiro atoms. The smallest absolute Gasteiger partial charge is 0.254 e. The highest BCUT2D eigenvalue weighted by Crippen LogP contribution is 2.26. The molecule has 1 amide bonds. The van der Waals surface area contributed by atoms with Crippen molar-refractivity contribution in [2.75, 3.05) is 0 Å². The molecule has 5 heteroatoms. The first kappa shape index (κ1) is 16.6. The summed E-state index contributed by atoms with van der Waals surface area (Å²) in [6.07, 6.45) is 3.21. The average molecular weight is 317 g/mol. The van der Waals surface area contributed by atoms with Crippen molar-refractivity contribution in [3.8, 4) is 0 Å². The SMILES string of the molecule is CC(C)C(NC(=O)c1cnc(C(C)(C)C)nc1)c1cccs1. The molecule has 22 heavy (non-hydrogen) atoms. The van der Waals surface area contributed by atoms with Crippen LogP contribution in [0.4, 0.5) is 0 Å². The van der Waals surface area contributed by atoms with Crippen molar-refractivity contribution in [2.24, 2.45) is 5.92 Å². The summed E-state index contributed by atoms with van der Waals surface area (Å²) in [5.41, 5.74) is 0.377. The summed E-state index contributed by atoms with van der Waals surface area (Å²) < 4.78 is 0. The quantitative estimate of drug-likeness (QED) is 0.928. The lowest BCUT2D eigenvalue weighted by molar-refractivity contribution is 0.0925. The molecule has 0 radical (unpaired) electrons. The van der Waals surface area contributed by atoms with E-state index in [1.165, 1.54) is 0 Å². The maximum absolute atomic E-state index is 12.4.